The molecule has 0 aromatic carbocycles. The van der Waals surface area contributed by atoms with Crippen molar-refractivity contribution < 1.29 is 9.90 Å². The van der Waals surface area contributed by atoms with E-state index < -0.39 is 0 Å². The second-order valence-corrected chi connectivity index (χ2v) is 8.87. The Balaban J connectivity index is 1.58. The summed E-state index contributed by atoms with van der Waals surface area (Å²) in [6.45, 7) is 4.50. The van der Waals surface area contributed by atoms with Crippen LogP contribution in [0.3, 0.4) is 0 Å². The predicted octanol–water partition coefficient (Wildman–Crippen LogP) is 3.82. The highest BCUT2D eigenvalue weighted by Crippen LogP contribution is 2.61. The molecular formula is C19H30O2. The highest BCUT2D eigenvalue weighted by Gasteiger charge is 2.57. The van der Waals surface area contributed by atoms with Gasteiger partial charge in [0, 0.05) is 11.8 Å². The van der Waals surface area contributed by atoms with Gasteiger partial charge in [0.2, 0.25) is 0 Å². The summed E-state index contributed by atoms with van der Waals surface area (Å²) in [6.07, 6.45) is 9.23. The first-order chi connectivity index (χ1) is 10.0. The quantitative estimate of drug-likeness (QED) is 0.736. The summed E-state index contributed by atoms with van der Waals surface area (Å²) in [6, 6.07) is 0. The van der Waals surface area contributed by atoms with Gasteiger partial charge in [-0.1, -0.05) is 13.8 Å². The molecule has 0 amide bonds. The van der Waals surface area contributed by atoms with Gasteiger partial charge in [0.15, 0.2) is 0 Å². The van der Waals surface area contributed by atoms with E-state index in [0.717, 1.165) is 49.4 Å². The third-order valence-corrected chi connectivity index (χ3v) is 8.07. The lowest BCUT2D eigenvalue weighted by atomic mass is 9.50. The standard InChI is InChI=1S/C19H30O2/c1-11-9-15-12(10-17(11)20)3-4-14-13(15)7-8-19(2)16(14)5-6-18(19)21/h11-17,20H,3-10H2,1-2H3/t11-,12+,13-,14+,15-,16-,17-,19-/m0/s1. The summed E-state index contributed by atoms with van der Waals surface area (Å²) in [5.41, 5.74) is 0.0216. The first-order valence-electron chi connectivity index (χ1n) is 9.22. The number of aliphatic hydroxyl groups is 1. The minimum absolute atomic E-state index is 0.0216. The van der Waals surface area contributed by atoms with Crippen LogP contribution >= 0.6 is 0 Å². The molecule has 0 saturated heterocycles. The number of ketones is 1. The lowest BCUT2D eigenvalue weighted by Crippen LogP contribution is -2.50. The maximum Gasteiger partial charge on any atom is 0.139 e. The Kier molecular flexibility index (Phi) is 3.26. The summed E-state index contributed by atoms with van der Waals surface area (Å²) in [4.78, 5) is 12.3. The molecule has 0 spiro atoms. The van der Waals surface area contributed by atoms with Crippen LogP contribution in [-0.4, -0.2) is 17.0 Å². The van der Waals surface area contributed by atoms with Crippen LogP contribution in [0.4, 0.5) is 0 Å². The molecule has 1 N–H and O–H groups in total. The van der Waals surface area contributed by atoms with Crippen molar-refractivity contribution in [3.63, 3.8) is 0 Å². The number of rotatable bonds is 0. The van der Waals surface area contributed by atoms with Crippen LogP contribution in [0.25, 0.3) is 0 Å². The first-order valence-corrected chi connectivity index (χ1v) is 9.22. The predicted molar refractivity (Wildman–Crippen MR) is 82.7 cm³/mol. The lowest BCUT2D eigenvalue weighted by molar-refractivity contribution is -0.134. The highest BCUT2D eigenvalue weighted by atomic mass is 16.3. The average molecular weight is 290 g/mol. The Morgan fingerprint density at radius 2 is 1.86 bits per heavy atom. The SMILES string of the molecule is C[C@H]1C[C@H]2[C@H](CC[C@@H]3[C@@H]2CC[C@]2(C)C(=O)CC[C@@H]32)C[C@@H]1O. The fourth-order valence-corrected chi connectivity index (χ4v) is 6.79. The zero-order chi connectivity index (χ0) is 14.8. The van der Waals surface area contributed by atoms with Gasteiger partial charge < -0.3 is 5.11 Å². The van der Waals surface area contributed by atoms with E-state index in [1.807, 2.05) is 0 Å². The molecule has 0 radical (unpaired) electrons. The molecule has 4 rings (SSSR count). The molecule has 4 fully saturated rings. The summed E-state index contributed by atoms with van der Waals surface area (Å²) in [7, 11) is 0. The van der Waals surface area contributed by atoms with E-state index in [2.05, 4.69) is 13.8 Å². The number of carbonyl (C=O) groups excluding carboxylic acids is 1. The van der Waals surface area contributed by atoms with Crippen molar-refractivity contribution in [3.05, 3.63) is 0 Å². The van der Waals surface area contributed by atoms with Gasteiger partial charge in [0.05, 0.1) is 6.10 Å². The number of Topliss-reactive ketones (excluding diaryl/α,β-unsaturated/α-hetero) is 1. The molecule has 4 saturated carbocycles. The van der Waals surface area contributed by atoms with Crippen LogP contribution in [0, 0.1) is 40.9 Å². The summed E-state index contributed by atoms with van der Waals surface area (Å²) < 4.78 is 0. The van der Waals surface area contributed by atoms with Gasteiger partial charge in [-0.3, -0.25) is 4.79 Å². The average Bonchev–Trinajstić information content (AvgIpc) is 2.76. The van der Waals surface area contributed by atoms with Gasteiger partial charge in [-0.05, 0) is 80.5 Å². The molecule has 0 aromatic rings. The minimum atomic E-state index is -0.0651. The van der Waals surface area contributed by atoms with Gasteiger partial charge in [0.25, 0.3) is 0 Å². The number of fused-ring (bicyclic) bond motifs is 5. The van der Waals surface area contributed by atoms with Crippen molar-refractivity contribution in [2.45, 2.75) is 71.3 Å². The maximum atomic E-state index is 12.3. The van der Waals surface area contributed by atoms with Gasteiger partial charge in [-0.15, -0.1) is 0 Å². The maximum absolute atomic E-state index is 12.3. The van der Waals surface area contributed by atoms with E-state index in [9.17, 15) is 9.90 Å². The minimum Gasteiger partial charge on any atom is -0.393 e. The van der Waals surface area contributed by atoms with Crippen LogP contribution in [-0.2, 0) is 4.79 Å². The van der Waals surface area contributed by atoms with Crippen molar-refractivity contribution >= 4 is 5.78 Å². The Hall–Kier alpha value is -0.370. The smallest absolute Gasteiger partial charge is 0.139 e. The third-order valence-electron chi connectivity index (χ3n) is 8.07. The molecule has 0 unspecified atom stereocenters. The second kappa shape index (κ2) is 4.81. The van der Waals surface area contributed by atoms with Gasteiger partial charge >= 0.3 is 0 Å². The lowest BCUT2D eigenvalue weighted by Gasteiger charge is -2.55. The van der Waals surface area contributed by atoms with Crippen molar-refractivity contribution in [1.29, 1.82) is 0 Å². The number of hydrogen-bond acceptors (Lipinski definition) is 2. The van der Waals surface area contributed by atoms with Crippen LogP contribution < -0.4 is 0 Å². The van der Waals surface area contributed by atoms with Gasteiger partial charge in [-0.25, -0.2) is 0 Å². The number of carbonyl (C=O) groups is 1. The molecule has 0 bridgehead atoms. The monoisotopic (exact) mass is 290 g/mol. The third kappa shape index (κ3) is 1.97. The Labute approximate surface area is 128 Å². The van der Waals surface area contributed by atoms with E-state index in [4.69, 9.17) is 0 Å². The Morgan fingerprint density at radius 3 is 2.67 bits per heavy atom. The topological polar surface area (TPSA) is 37.3 Å². The molecule has 2 heteroatoms. The summed E-state index contributed by atoms with van der Waals surface area (Å²) in [5, 5.41) is 10.2. The molecule has 2 nitrogen and oxygen atoms in total. The van der Waals surface area contributed by atoms with E-state index in [-0.39, 0.29) is 11.5 Å². The van der Waals surface area contributed by atoms with Crippen molar-refractivity contribution in [1.82, 2.24) is 0 Å². The molecule has 0 aliphatic heterocycles. The molecular weight excluding hydrogens is 260 g/mol. The fraction of sp³-hybridized carbons (Fsp3) is 0.947. The summed E-state index contributed by atoms with van der Waals surface area (Å²) >= 11 is 0. The zero-order valence-corrected chi connectivity index (χ0v) is 13.6. The number of aliphatic hydroxyl groups excluding tert-OH is 1. The van der Waals surface area contributed by atoms with E-state index in [1.165, 1.54) is 25.7 Å². The molecule has 21 heavy (non-hydrogen) atoms. The molecule has 8 atom stereocenters. The molecule has 0 heterocycles. The van der Waals surface area contributed by atoms with Crippen LogP contribution in [0.1, 0.15) is 65.2 Å². The van der Waals surface area contributed by atoms with Crippen LogP contribution in [0.5, 0.6) is 0 Å². The normalized spacial score (nSPS) is 56.5. The van der Waals surface area contributed by atoms with Gasteiger partial charge in [-0.2, -0.15) is 0 Å². The molecule has 4 aliphatic rings. The van der Waals surface area contributed by atoms with E-state index in [0.29, 0.717) is 17.6 Å². The molecule has 0 aromatic heterocycles. The second-order valence-electron chi connectivity index (χ2n) is 8.87. The Bertz CT molecular complexity index is 445. The van der Waals surface area contributed by atoms with Crippen molar-refractivity contribution in [2.24, 2.45) is 40.9 Å². The Morgan fingerprint density at radius 1 is 1.05 bits per heavy atom. The first kappa shape index (κ1) is 14.2. The van der Waals surface area contributed by atoms with E-state index in [1.54, 1.807) is 0 Å². The highest BCUT2D eigenvalue weighted by molar-refractivity contribution is 5.87. The van der Waals surface area contributed by atoms with Crippen molar-refractivity contribution in [2.75, 3.05) is 0 Å². The fourth-order valence-electron chi connectivity index (χ4n) is 6.79. The van der Waals surface area contributed by atoms with Gasteiger partial charge in [0.1, 0.15) is 5.78 Å². The van der Waals surface area contributed by atoms with Crippen LogP contribution in [0.15, 0.2) is 0 Å². The summed E-state index contributed by atoms with van der Waals surface area (Å²) in [5.74, 6) is 4.96. The number of hydrogen-bond donors (Lipinski definition) is 1. The molecule has 4 aliphatic carbocycles. The largest absolute Gasteiger partial charge is 0.393 e. The molecule has 118 valence electrons. The van der Waals surface area contributed by atoms with E-state index >= 15 is 0 Å². The van der Waals surface area contributed by atoms with Crippen molar-refractivity contribution in [3.8, 4) is 0 Å². The van der Waals surface area contributed by atoms with Crippen LogP contribution in [0.2, 0.25) is 0 Å². The zero-order valence-electron chi connectivity index (χ0n) is 13.6.